The molecule has 0 aliphatic rings. The molecule has 3 heterocycles. The zero-order chi connectivity index (χ0) is 15.9. The van der Waals surface area contributed by atoms with E-state index in [1.807, 2.05) is 0 Å². The van der Waals surface area contributed by atoms with Gasteiger partial charge < -0.3 is 9.30 Å². The third kappa shape index (κ3) is 2.33. The predicted octanol–water partition coefficient (Wildman–Crippen LogP) is 0.479. The molecule has 0 fully saturated rings. The Kier molecular flexibility index (Phi) is 2.99. The SMILES string of the molecule is [3H]c1csc(OCc2c(F)cn(C)c2-n2nnn(C)c2=O)n1. The van der Waals surface area contributed by atoms with Gasteiger partial charge in [-0.05, 0) is 10.4 Å². The van der Waals surface area contributed by atoms with Gasteiger partial charge in [0.05, 0.1) is 6.93 Å². The number of aromatic nitrogens is 6. The smallest absolute Gasteiger partial charge is 0.369 e. The lowest BCUT2D eigenvalue weighted by atomic mass is 10.3. The highest BCUT2D eigenvalue weighted by Crippen LogP contribution is 2.21. The minimum absolute atomic E-state index is 0.0823. The molecule has 3 aromatic heterocycles. The molecule has 0 unspecified atom stereocenters. The number of nitrogens with zero attached hydrogens (tertiary/aromatic N) is 6. The second-order valence-corrected chi connectivity index (χ2v) is 5.04. The summed E-state index contributed by atoms with van der Waals surface area (Å²) in [6.45, 7) is -0.141. The molecule has 0 N–H and O–H groups in total. The first-order valence-electron chi connectivity index (χ1n) is 6.35. The number of hydrogen-bond acceptors (Lipinski definition) is 6. The molecule has 0 aliphatic carbocycles. The van der Waals surface area contributed by atoms with Crippen LogP contribution in [0.15, 0.2) is 22.5 Å². The van der Waals surface area contributed by atoms with E-state index in [1.54, 1.807) is 7.05 Å². The van der Waals surface area contributed by atoms with Crippen LogP contribution in [0.3, 0.4) is 0 Å². The van der Waals surface area contributed by atoms with Gasteiger partial charge in [-0.2, -0.15) is 4.68 Å². The van der Waals surface area contributed by atoms with E-state index < -0.39 is 11.5 Å². The predicted molar refractivity (Wildman–Crippen MR) is 72.0 cm³/mol. The fourth-order valence-electron chi connectivity index (χ4n) is 1.87. The fraction of sp³-hybridized carbons (Fsp3) is 0.273. The molecule has 0 saturated carbocycles. The van der Waals surface area contributed by atoms with E-state index in [0.29, 0.717) is 0 Å². The van der Waals surface area contributed by atoms with Gasteiger partial charge in [0, 0.05) is 31.8 Å². The Bertz CT molecular complexity index is 882. The van der Waals surface area contributed by atoms with Gasteiger partial charge >= 0.3 is 5.69 Å². The molecule has 0 aromatic carbocycles. The van der Waals surface area contributed by atoms with Crippen molar-refractivity contribution in [2.75, 3.05) is 0 Å². The van der Waals surface area contributed by atoms with Crippen LogP contribution in [-0.4, -0.2) is 29.3 Å². The maximum Gasteiger partial charge on any atom is 0.369 e. The lowest BCUT2D eigenvalue weighted by Gasteiger charge is -2.06. The van der Waals surface area contributed by atoms with Crippen LogP contribution >= 0.6 is 11.3 Å². The summed E-state index contributed by atoms with van der Waals surface area (Å²) in [5, 5.41) is 9.08. The average molecular weight is 312 g/mol. The molecule has 3 aromatic rings. The molecule has 0 radical (unpaired) electrons. The van der Waals surface area contributed by atoms with Crippen molar-refractivity contribution in [3.05, 3.63) is 39.6 Å². The van der Waals surface area contributed by atoms with Gasteiger partial charge in [0.25, 0.3) is 5.19 Å². The molecular weight excluding hydrogens is 299 g/mol. The third-order valence-electron chi connectivity index (χ3n) is 2.83. The van der Waals surface area contributed by atoms with E-state index in [2.05, 4.69) is 15.4 Å². The summed E-state index contributed by atoms with van der Waals surface area (Å²) in [7, 11) is 3.04. The van der Waals surface area contributed by atoms with Crippen LogP contribution in [0.2, 0.25) is 0 Å². The van der Waals surface area contributed by atoms with Gasteiger partial charge in [-0.1, -0.05) is 11.3 Å². The van der Waals surface area contributed by atoms with Crippen LogP contribution in [0.4, 0.5) is 4.39 Å². The van der Waals surface area contributed by atoms with Crippen LogP contribution in [-0.2, 0) is 20.7 Å². The highest BCUT2D eigenvalue weighted by Gasteiger charge is 2.20. The molecule has 0 amide bonds. The largest absolute Gasteiger partial charge is 0.465 e. The minimum atomic E-state index is -0.530. The molecule has 0 bridgehead atoms. The van der Waals surface area contributed by atoms with Crippen molar-refractivity contribution in [3.8, 4) is 11.0 Å². The lowest BCUT2D eigenvalue weighted by Crippen LogP contribution is -2.24. The van der Waals surface area contributed by atoms with Gasteiger partial charge in [-0.3, -0.25) is 0 Å². The summed E-state index contributed by atoms with van der Waals surface area (Å²) in [5.74, 6) is -0.295. The van der Waals surface area contributed by atoms with Crippen LogP contribution in [0.25, 0.3) is 5.82 Å². The highest BCUT2D eigenvalue weighted by molar-refractivity contribution is 7.11. The quantitative estimate of drug-likeness (QED) is 0.700. The van der Waals surface area contributed by atoms with Crippen molar-refractivity contribution in [2.45, 2.75) is 6.61 Å². The summed E-state index contributed by atoms with van der Waals surface area (Å²) in [6, 6.07) is 0. The Labute approximate surface area is 123 Å². The number of halogens is 1. The first-order chi connectivity index (χ1) is 10.5. The maximum atomic E-state index is 14.1. The minimum Gasteiger partial charge on any atom is -0.465 e. The normalized spacial score (nSPS) is 11.7. The second-order valence-electron chi connectivity index (χ2n) is 4.22. The summed E-state index contributed by atoms with van der Waals surface area (Å²) in [5.41, 5.74) is -0.336. The van der Waals surface area contributed by atoms with Crippen LogP contribution in [0.5, 0.6) is 5.19 Å². The number of aryl methyl sites for hydroxylation is 2. The number of ether oxygens (including phenoxy) is 1. The highest BCUT2D eigenvalue weighted by atomic mass is 32.1. The van der Waals surface area contributed by atoms with Crippen molar-refractivity contribution in [1.82, 2.24) is 29.3 Å². The molecule has 0 spiro atoms. The van der Waals surface area contributed by atoms with Gasteiger partial charge in [-0.15, -0.1) is 4.68 Å². The number of hydrogen-bond donors (Lipinski definition) is 0. The molecule has 110 valence electrons. The van der Waals surface area contributed by atoms with Crippen LogP contribution < -0.4 is 10.4 Å². The Morgan fingerprint density at radius 3 is 2.90 bits per heavy atom. The Hall–Kier alpha value is -2.49. The zero-order valence-electron chi connectivity index (χ0n) is 12.1. The van der Waals surface area contributed by atoms with E-state index in [4.69, 9.17) is 6.11 Å². The number of tetrazole rings is 1. The van der Waals surface area contributed by atoms with Crippen LogP contribution in [0, 0.1) is 5.82 Å². The molecule has 0 atom stereocenters. The van der Waals surface area contributed by atoms with Gasteiger partial charge in [0.2, 0.25) is 0 Å². The van der Waals surface area contributed by atoms with E-state index in [9.17, 15) is 9.18 Å². The Balaban J connectivity index is 1.97. The van der Waals surface area contributed by atoms with Gasteiger partial charge in [0.1, 0.15) is 12.4 Å². The van der Waals surface area contributed by atoms with Gasteiger partial charge in [-0.25, -0.2) is 14.2 Å². The van der Waals surface area contributed by atoms with Crippen molar-refractivity contribution in [2.24, 2.45) is 14.1 Å². The van der Waals surface area contributed by atoms with Gasteiger partial charge in [0.15, 0.2) is 5.82 Å². The fourth-order valence-corrected chi connectivity index (χ4v) is 2.31. The second kappa shape index (κ2) is 5.13. The molecule has 21 heavy (non-hydrogen) atoms. The molecule has 3 rings (SSSR count). The lowest BCUT2D eigenvalue weighted by molar-refractivity contribution is 0.298. The van der Waals surface area contributed by atoms with Crippen molar-refractivity contribution >= 4 is 11.3 Å². The Morgan fingerprint density at radius 1 is 1.48 bits per heavy atom. The van der Waals surface area contributed by atoms with E-state index >= 15 is 0 Å². The third-order valence-corrected chi connectivity index (χ3v) is 3.46. The summed E-state index contributed by atoms with van der Waals surface area (Å²) < 4.78 is 30.3. The van der Waals surface area contributed by atoms with E-state index in [-0.39, 0.29) is 29.4 Å². The molecule has 0 aliphatic heterocycles. The van der Waals surface area contributed by atoms with Crippen molar-refractivity contribution in [3.63, 3.8) is 0 Å². The van der Waals surface area contributed by atoms with Crippen LogP contribution in [0.1, 0.15) is 6.93 Å². The monoisotopic (exact) mass is 312 g/mol. The summed E-state index contributed by atoms with van der Waals surface area (Å²) in [4.78, 5) is 15.8. The zero-order valence-corrected chi connectivity index (χ0v) is 12.0. The first kappa shape index (κ1) is 12.3. The molecular formula is C11H11FN6O2S. The van der Waals surface area contributed by atoms with Crippen molar-refractivity contribution < 1.29 is 10.5 Å². The topological polar surface area (TPSA) is 79.8 Å². The standard InChI is InChI=1S/C11H11FN6O2S/c1-16-5-8(12)7(6-20-10-13-3-4-21-10)9(16)18-11(19)17(2)14-15-18/h3-5H,6H2,1-2H3/i3T. The summed E-state index contributed by atoms with van der Waals surface area (Å²) >= 11 is 1.14. The van der Waals surface area contributed by atoms with E-state index in [0.717, 1.165) is 20.7 Å². The Morgan fingerprint density at radius 2 is 2.29 bits per heavy atom. The first-order valence-corrected chi connectivity index (χ1v) is 6.73. The average Bonchev–Trinajstić information content (AvgIpc) is 3.09. The molecule has 0 saturated heterocycles. The molecule has 8 nitrogen and oxygen atoms in total. The summed E-state index contributed by atoms with van der Waals surface area (Å²) in [6.07, 6.45) is 1.31. The number of thiazole rings is 1. The number of rotatable bonds is 4. The maximum absolute atomic E-state index is 14.1. The molecule has 10 heteroatoms. The van der Waals surface area contributed by atoms with Crippen molar-refractivity contribution in [1.29, 1.82) is 0 Å². The van der Waals surface area contributed by atoms with E-state index in [1.165, 1.54) is 23.2 Å².